The minimum Gasteiger partial charge on any atom is -0.504 e. The number of hydrogen-bond acceptors (Lipinski definition) is 13. The van der Waals surface area contributed by atoms with E-state index < -0.39 is 85.8 Å². The number of benzene rings is 1. The Kier molecular flexibility index (Phi) is 6.59. The second-order valence-electron chi connectivity index (χ2n) is 9.18. The first kappa shape index (κ1) is 25.2. The number of esters is 1. The molecule has 4 aliphatic rings. The van der Waals surface area contributed by atoms with Gasteiger partial charge < -0.3 is 59.1 Å². The van der Waals surface area contributed by atoms with Crippen LogP contribution in [-0.2, 0) is 23.7 Å². The molecule has 1 saturated carbocycles. The van der Waals surface area contributed by atoms with Crippen molar-refractivity contribution in [1.29, 1.82) is 0 Å². The van der Waals surface area contributed by atoms with Gasteiger partial charge in [0.15, 0.2) is 17.8 Å². The van der Waals surface area contributed by atoms with Gasteiger partial charge >= 0.3 is 5.97 Å². The number of aliphatic hydroxyl groups excluding tert-OH is 5. The molecule has 0 radical (unpaired) electrons. The zero-order valence-electron chi connectivity index (χ0n) is 19.1. The smallest absolute Gasteiger partial charge is 0.338 e. The zero-order valence-corrected chi connectivity index (χ0v) is 19.1. The molecule has 11 atom stereocenters. The third-order valence-electron chi connectivity index (χ3n) is 7.26. The first-order valence-corrected chi connectivity index (χ1v) is 11.4. The molecular weight excluding hydrogens is 484 g/mol. The lowest BCUT2D eigenvalue weighted by Gasteiger charge is -2.43. The summed E-state index contributed by atoms with van der Waals surface area (Å²) in [4.78, 5) is 12.9. The van der Waals surface area contributed by atoms with Crippen molar-refractivity contribution in [2.45, 2.75) is 54.8 Å². The topological polar surface area (TPSA) is 197 Å². The van der Waals surface area contributed by atoms with Crippen molar-refractivity contribution in [1.82, 2.24) is 0 Å². The maximum absolute atomic E-state index is 12.9. The van der Waals surface area contributed by atoms with Crippen molar-refractivity contribution in [2.24, 2.45) is 11.8 Å². The van der Waals surface area contributed by atoms with Crippen LogP contribution >= 0.6 is 0 Å². The van der Waals surface area contributed by atoms with Crippen LogP contribution in [0.5, 0.6) is 11.5 Å². The van der Waals surface area contributed by atoms with Gasteiger partial charge in [-0.05, 0) is 24.3 Å². The SMILES string of the molecule is COc1ccc(C(=O)O[C@H]2[C@@H]3C=CO[C@H](O[C@H]4O[C@H](CO)[C@@H](O)[C@H](O)[C@H]4O)[C@@H]3[C@@]3(CO)O[C@@H]23)cc1O. The minimum atomic E-state index is -1.66. The molecule has 6 N–H and O–H groups in total. The second-order valence-corrected chi connectivity index (χ2v) is 9.18. The van der Waals surface area contributed by atoms with E-state index in [2.05, 4.69) is 0 Å². The van der Waals surface area contributed by atoms with Gasteiger partial charge in [0.25, 0.3) is 0 Å². The summed E-state index contributed by atoms with van der Waals surface area (Å²) < 4.78 is 33.3. The van der Waals surface area contributed by atoms with E-state index in [1.54, 1.807) is 6.08 Å². The van der Waals surface area contributed by atoms with Crippen molar-refractivity contribution in [3.8, 4) is 11.5 Å². The van der Waals surface area contributed by atoms with E-state index in [4.69, 9.17) is 28.4 Å². The Morgan fingerprint density at radius 3 is 2.56 bits per heavy atom. The summed E-state index contributed by atoms with van der Waals surface area (Å²) in [6.07, 6.45) is -7.22. The van der Waals surface area contributed by atoms with E-state index in [-0.39, 0.29) is 17.1 Å². The molecule has 0 unspecified atom stereocenters. The zero-order chi connectivity index (χ0) is 25.8. The lowest BCUT2D eigenvalue weighted by Crippen LogP contribution is -2.60. The number of hydrogen-bond donors (Lipinski definition) is 6. The van der Waals surface area contributed by atoms with Gasteiger partial charge in [0.05, 0.1) is 38.1 Å². The first-order valence-electron chi connectivity index (χ1n) is 11.4. The van der Waals surface area contributed by atoms with Crippen molar-refractivity contribution in [2.75, 3.05) is 20.3 Å². The van der Waals surface area contributed by atoms with E-state index in [9.17, 15) is 35.4 Å². The fraction of sp³-hybridized carbons (Fsp3) is 0.609. The first-order chi connectivity index (χ1) is 17.2. The monoisotopic (exact) mass is 512 g/mol. The second kappa shape index (κ2) is 9.43. The van der Waals surface area contributed by atoms with Gasteiger partial charge in [-0.2, -0.15) is 0 Å². The van der Waals surface area contributed by atoms with E-state index in [1.807, 2.05) is 0 Å². The van der Waals surface area contributed by atoms with E-state index in [0.29, 0.717) is 0 Å². The van der Waals surface area contributed by atoms with Gasteiger partial charge in [-0.25, -0.2) is 4.79 Å². The highest BCUT2D eigenvalue weighted by molar-refractivity contribution is 5.90. The molecule has 3 heterocycles. The summed E-state index contributed by atoms with van der Waals surface area (Å²) >= 11 is 0. The summed E-state index contributed by atoms with van der Waals surface area (Å²) in [6, 6.07) is 4.07. The lowest BCUT2D eigenvalue weighted by molar-refractivity contribution is -0.344. The molecule has 13 nitrogen and oxygen atoms in total. The van der Waals surface area contributed by atoms with Gasteiger partial charge in [-0.15, -0.1) is 0 Å². The number of fused-ring (bicyclic) bond motifs is 3. The number of methoxy groups -OCH3 is 1. The number of ether oxygens (including phenoxy) is 6. The van der Waals surface area contributed by atoms with Crippen molar-refractivity contribution >= 4 is 5.97 Å². The van der Waals surface area contributed by atoms with Crippen LogP contribution in [0.2, 0.25) is 0 Å². The molecule has 0 amide bonds. The number of epoxide rings is 1. The molecule has 3 fully saturated rings. The molecule has 13 heteroatoms. The average molecular weight is 512 g/mol. The van der Waals surface area contributed by atoms with Crippen molar-refractivity contribution < 1.29 is 63.9 Å². The molecule has 36 heavy (non-hydrogen) atoms. The number of aromatic hydroxyl groups is 1. The lowest BCUT2D eigenvalue weighted by atomic mass is 9.85. The highest BCUT2D eigenvalue weighted by atomic mass is 16.8. The van der Waals surface area contributed by atoms with E-state index in [1.165, 1.54) is 31.6 Å². The Balaban J connectivity index is 1.34. The van der Waals surface area contributed by atoms with Crippen LogP contribution in [-0.4, -0.2) is 112 Å². The molecule has 0 bridgehead atoms. The minimum absolute atomic E-state index is 0.0807. The Hall–Kier alpha value is -2.49. The quantitative estimate of drug-likeness (QED) is 0.173. The maximum Gasteiger partial charge on any atom is 0.338 e. The summed E-state index contributed by atoms with van der Waals surface area (Å²) in [7, 11) is 1.38. The molecule has 0 aromatic heterocycles. The maximum atomic E-state index is 12.9. The van der Waals surface area contributed by atoms with Crippen LogP contribution in [0.4, 0.5) is 0 Å². The number of carbonyl (C=O) groups excluding carboxylic acids is 1. The predicted octanol–water partition coefficient (Wildman–Crippen LogP) is -2.01. The Bertz CT molecular complexity index is 1010. The summed E-state index contributed by atoms with van der Waals surface area (Å²) in [5.74, 6) is -1.99. The third kappa shape index (κ3) is 3.92. The Morgan fingerprint density at radius 2 is 1.89 bits per heavy atom. The molecule has 1 aromatic carbocycles. The van der Waals surface area contributed by atoms with E-state index >= 15 is 0 Å². The molecule has 2 saturated heterocycles. The Morgan fingerprint density at radius 1 is 1.11 bits per heavy atom. The molecule has 1 aromatic rings. The molecular formula is C23H28O13. The van der Waals surface area contributed by atoms with E-state index in [0.717, 1.165) is 0 Å². The van der Waals surface area contributed by atoms with Gasteiger partial charge in [0.1, 0.15) is 42.2 Å². The Labute approximate surface area is 205 Å². The summed E-state index contributed by atoms with van der Waals surface area (Å²) in [5.41, 5.74) is -1.08. The van der Waals surface area contributed by atoms with Crippen LogP contribution in [0.3, 0.4) is 0 Å². The molecule has 1 aliphatic carbocycles. The third-order valence-corrected chi connectivity index (χ3v) is 7.26. The van der Waals surface area contributed by atoms with Crippen LogP contribution in [0, 0.1) is 11.8 Å². The van der Waals surface area contributed by atoms with Gasteiger partial charge in [-0.1, -0.05) is 0 Å². The fourth-order valence-corrected chi connectivity index (χ4v) is 5.30. The number of rotatable bonds is 7. The molecule has 5 rings (SSSR count). The summed E-state index contributed by atoms with van der Waals surface area (Å²) in [6.45, 7) is -1.07. The average Bonchev–Trinajstić information content (AvgIpc) is 3.56. The highest BCUT2D eigenvalue weighted by Crippen LogP contribution is 2.60. The van der Waals surface area contributed by atoms with Gasteiger partial charge in [0.2, 0.25) is 6.29 Å². The largest absolute Gasteiger partial charge is 0.504 e. The van der Waals surface area contributed by atoms with Gasteiger partial charge in [0, 0.05) is 5.92 Å². The van der Waals surface area contributed by atoms with Crippen molar-refractivity contribution in [3.63, 3.8) is 0 Å². The normalized spacial score (nSPS) is 42.7. The molecule has 198 valence electrons. The standard InChI is InChI=1S/C23H28O13/c1-31-12-3-2-9(6-11(12)26)20(30)34-18-10-4-5-32-21(14(10)23(8-25)19(18)36-23)35-22-17(29)16(28)15(27)13(7-24)33-22/h2-6,10,13-19,21-22,24-29H,7-8H2,1H3/t10-,13-,14-,15-,16+,17-,18+,19+,21-,22-,23-/m1/s1. The van der Waals surface area contributed by atoms with Crippen LogP contribution < -0.4 is 4.74 Å². The number of phenols is 1. The van der Waals surface area contributed by atoms with Crippen molar-refractivity contribution in [3.05, 3.63) is 36.1 Å². The highest BCUT2D eigenvalue weighted by Gasteiger charge is 2.77. The molecule has 3 aliphatic heterocycles. The number of phenolic OH excluding ortho intramolecular Hbond substituents is 1. The van der Waals surface area contributed by atoms with Crippen LogP contribution in [0.1, 0.15) is 10.4 Å². The fourth-order valence-electron chi connectivity index (χ4n) is 5.30. The van der Waals surface area contributed by atoms with Gasteiger partial charge in [-0.3, -0.25) is 0 Å². The number of carbonyl (C=O) groups is 1. The molecule has 0 spiro atoms. The predicted molar refractivity (Wildman–Crippen MR) is 114 cm³/mol. The number of aliphatic hydroxyl groups is 5. The van der Waals surface area contributed by atoms with Crippen LogP contribution in [0.25, 0.3) is 0 Å². The summed E-state index contributed by atoms with van der Waals surface area (Å²) in [5, 5.41) is 60.0. The van der Waals surface area contributed by atoms with Crippen LogP contribution in [0.15, 0.2) is 30.5 Å².